The summed E-state index contributed by atoms with van der Waals surface area (Å²) in [5, 5.41) is 0. The number of carbonyl (C=O) groups excluding carboxylic acids is 3. The average Bonchev–Trinajstić information content (AvgIpc) is 3.47. The number of hydrogen-bond donors (Lipinski definition) is 0. The molecule has 0 radical (unpaired) electrons. The molecular formula is C75H128O6. The van der Waals surface area contributed by atoms with Crippen molar-refractivity contribution >= 4 is 17.9 Å². The molecule has 0 rings (SSSR count). The van der Waals surface area contributed by atoms with E-state index in [4.69, 9.17) is 14.2 Å². The van der Waals surface area contributed by atoms with Crippen LogP contribution in [0.15, 0.2) is 109 Å². The van der Waals surface area contributed by atoms with E-state index in [9.17, 15) is 14.4 Å². The number of esters is 3. The Balaban J connectivity index is 4.40. The molecule has 464 valence electrons. The summed E-state index contributed by atoms with van der Waals surface area (Å²) in [6, 6.07) is 0. The maximum atomic E-state index is 13.0. The van der Waals surface area contributed by atoms with Crippen LogP contribution in [-0.2, 0) is 28.6 Å². The van der Waals surface area contributed by atoms with Crippen molar-refractivity contribution in [1.29, 1.82) is 0 Å². The lowest BCUT2D eigenvalue weighted by Gasteiger charge is -2.18. The van der Waals surface area contributed by atoms with Gasteiger partial charge in [0, 0.05) is 19.3 Å². The largest absolute Gasteiger partial charge is 0.462 e. The molecule has 0 bridgehead atoms. The van der Waals surface area contributed by atoms with Crippen molar-refractivity contribution in [2.45, 2.75) is 335 Å². The lowest BCUT2D eigenvalue weighted by atomic mass is 10.0. The molecule has 0 aliphatic rings. The molecule has 1 atom stereocenters. The summed E-state index contributed by atoms with van der Waals surface area (Å²) in [6.07, 6.45) is 93.8. The fraction of sp³-hybridized carbons (Fsp3) is 0.720. The fourth-order valence-corrected chi connectivity index (χ4v) is 9.63. The summed E-state index contributed by atoms with van der Waals surface area (Å²) in [5.74, 6) is -0.894. The van der Waals surface area contributed by atoms with Crippen molar-refractivity contribution in [3.63, 3.8) is 0 Å². The SMILES string of the molecule is CC/C=C\C/C=C\C/C=C\C/C=C\C/C=C\C/C=C\CCCCCCCCC(=O)OCC(COC(=O)CCCCCCCCCCCCCCCCC)OC(=O)CCCCCCCCCC/C=C\C/C=C\C/C=C\CCCCCCC. The van der Waals surface area contributed by atoms with E-state index in [1.54, 1.807) is 0 Å². The minimum absolute atomic E-state index is 0.0841. The smallest absolute Gasteiger partial charge is 0.306 e. The highest BCUT2D eigenvalue weighted by Crippen LogP contribution is 2.16. The van der Waals surface area contributed by atoms with E-state index in [1.165, 1.54) is 161 Å². The van der Waals surface area contributed by atoms with Gasteiger partial charge in [-0.25, -0.2) is 0 Å². The van der Waals surface area contributed by atoms with E-state index < -0.39 is 6.10 Å². The Labute approximate surface area is 501 Å². The van der Waals surface area contributed by atoms with E-state index in [0.717, 1.165) is 128 Å². The molecule has 0 aliphatic carbocycles. The monoisotopic (exact) mass is 1120 g/mol. The van der Waals surface area contributed by atoms with Gasteiger partial charge in [0.2, 0.25) is 0 Å². The van der Waals surface area contributed by atoms with Gasteiger partial charge in [-0.2, -0.15) is 0 Å². The molecule has 0 aromatic heterocycles. The Hall–Kier alpha value is -3.93. The van der Waals surface area contributed by atoms with Gasteiger partial charge in [-0.1, -0.05) is 310 Å². The number of rotatable bonds is 62. The third-order valence-electron chi connectivity index (χ3n) is 14.8. The molecule has 0 amide bonds. The molecule has 6 nitrogen and oxygen atoms in total. The molecule has 0 spiro atoms. The van der Waals surface area contributed by atoms with Crippen LogP contribution < -0.4 is 0 Å². The molecule has 0 fully saturated rings. The molecule has 0 aliphatic heterocycles. The molecule has 1 unspecified atom stereocenters. The lowest BCUT2D eigenvalue weighted by Crippen LogP contribution is -2.30. The molecular weight excluding hydrogens is 997 g/mol. The summed E-state index contributed by atoms with van der Waals surface area (Å²) in [7, 11) is 0. The maximum Gasteiger partial charge on any atom is 0.306 e. The van der Waals surface area contributed by atoms with Gasteiger partial charge >= 0.3 is 17.9 Å². The quantitative estimate of drug-likeness (QED) is 0.0261. The van der Waals surface area contributed by atoms with Crippen LogP contribution in [0.4, 0.5) is 0 Å². The van der Waals surface area contributed by atoms with Crippen molar-refractivity contribution in [1.82, 2.24) is 0 Å². The van der Waals surface area contributed by atoms with Crippen LogP contribution in [0.25, 0.3) is 0 Å². The normalized spacial score (nSPS) is 12.8. The van der Waals surface area contributed by atoms with E-state index in [2.05, 4.69) is 130 Å². The Kier molecular flexibility index (Phi) is 65.2. The maximum absolute atomic E-state index is 13.0. The summed E-state index contributed by atoms with van der Waals surface area (Å²) in [5.41, 5.74) is 0. The van der Waals surface area contributed by atoms with Gasteiger partial charge in [-0.05, 0) is 109 Å². The van der Waals surface area contributed by atoms with Gasteiger partial charge in [0.25, 0.3) is 0 Å². The molecule has 0 aromatic carbocycles. The van der Waals surface area contributed by atoms with Gasteiger partial charge in [-0.15, -0.1) is 0 Å². The highest BCUT2D eigenvalue weighted by Gasteiger charge is 2.19. The van der Waals surface area contributed by atoms with E-state index >= 15 is 0 Å². The second-order valence-corrected chi connectivity index (χ2v) is 22.7. The minimum Gasteiger partial charge on any atom is -0.462 e. The van der Waals surface area contributed by atoms with Gasteiger partial charge < -0.3 is 14.2 Å². The molecule has 0 heterocycles. The highest BCUT2D eigenvalue weighted by atomic mass is 16.6. The van der Waals surface area contributed by atoms with E-state index in [0.29, 0.717) is 19.3 Å². The number of carbonyl (C=O) groups is 3. The van der Waals surface area contributed by atoms with Crippen LogP contribution in [0, 0.1) is 0 Å². The predicted octanol–water partition coefficient (Wildman–Crippen LogP) is 23.8. The number of unbranched alkanes of at least 4 members (excludes halogenated alkanes) is 33. The molecule has 81 heavy (non-hydrogen) atoms. The summed E-state index contributed by atoms with van der Waals surface area (Å²) < 4.78 is 17.0. The molecule has 0 saturated heterocycles. The third kappa shape index (κ3) is 66.8. The fourth-order valence-electron chi connectivity index (χ4n) is 9.63. The van der Waals surface area contributed by atoms with Crippen LogP contribution in [-0.4, -0.2) is 37.2 Å². The molecule has 0 saturated carbocycles. The zero-order valence-corrected chi connectivity index (χ0v) is 53.3. The van der Waals surface area contributed by atoms with Gasteiger partial charge in [-0.3, -0.25) is 14.4 Å². The van der Waals surface area contributed by atoms with Gasteiger partial charge in [0.05, 0.1) is 0 Å². The Morgan fingerprint density at radius 1 is 0.259 bits per heavy atom. The third-order valence-corrected chi connectivity index (χ3v) is 14.8. The Morgan fingerprint density at radius 3 is 0.753 bits per heavy atom. The van der Waals surface area contributed by atoms with Crippen molar-refractivity contribution < 1.29 is 28.6 Å². The number of hydrogen-bond acceptors (Lipinski definition) is 6. The standard InChI is InChI=1S/C75H128O6/c1-4-7-10-13-16-19-22-25-28-30-32-34-36-37-39-40-42-44-47-50-53-56-59-62-65-68-74(77)80-71-72(70-79-73(76)67-64-61-58-55-52-49-46-27-24-21-18-15-12-9-6-3)81-75(78)69-66-63-60-57-54-51-48-45-43-41-38-35-33-31-29-26-23-20-17-14-11-8-5-2/h7,10,16,19,23,25-26,28,31-34,37-39,41-42,44,72H,4-6,8-9,11-15,17-18,20-22,24,27,29-30,35-36,40,43,45-71H2,1-3H3/b10-7-,19-16-,26-23-,28-25-,33-31-,34-32-,39-37-,41-38-,44-42-. The topological polar surface area (TPSA) is 78.9 Å². The van der Waals surface area contributed by atoms with Crippen LogP contribution >= 0.6 is 0 Å². The minimum atomic E-state index is -0.791. The first kappa shape index (κ1) is 77.1. The Morgan fingerprint density at radius 2 is 0.481 bits per heavy atom. The summed E-state index contributed by atoms with van der Waals surface area (Å²) >= 11 is 0. The summed E-state index contributed by atoms with van der Waals surface area (Å²) in [4.78, 5) is 38.4. The summed E-state index contributed by atoms with van der Waals surface area (Å²) in [6.45, 7) is 6.53. The molecule has 0 aromatic rings. The predicted molar refractivity (Wildman–Crippen MR) is 353 cm³/mol. The zero-order chi connectivity index (χ0) is 58.5. The first-order valence-electron chi connectivity index (χ1n) is 34.4. The van der Waals surface area contributed by atoms with Crippen molar-refractivity contribution in [3.8, 4) is 0 Å². The number of allylic oxidation sites excluding steroid dienone is 18. The first-order valence-corrected chi connectivity index (χ1v) is 34.4. The zero-order valence-electron chi connectivity index (χ0n) is 53.3. The van der Waals surface area contributed by atoms with Crippen LogP contribution in [0.3, 0.4) is 0 Å². The van der Waals surface area contributed by atoms with E-state index in [1.807, 2.05) is 0 Å². The van der Waals surface area contributed by atoms with E-state index in [-0.39, 0.29) is 31.1 Å². The number of ether oxygens (including phenoxy) is 3. The molecule has 6 heteroatoms. The van der Waals surface area contributed by atoms with Crippen molar-refractivity contribution in [3.05, 3.63) is 109 Å². The van der Waals surface area contributed by atoms with Crippen molar-refractivity contribution in [2.24, 2.45) is 0 Å². The van der Waals surface area contributed by atoms with Crippen LogP contribution in [0.2, 0.25) is 0 Å². The van der Waals surface area contributed by atoms with Gasteiger partial charge in [0.1, 0.15) is 13.2 Å². The van der Waals surface area contributed by atoms with Crippen LogP contribution in [0.1, 0.15) is 329 Å². The first-order chi connectivity index (χ1) is 40.0. The van der Waals surface area contributed by atoms with Crippen molar-refractivity contribution in [2.75, 3.05) is 13.2 Å². The highest BCUT2D eigenvalue weighted by molar-refractivity contribution is 5.71. The average molecular weight is 1130 g/mol. The second kappa shape index (κ2) is 68.6. The lowest BCUT2D eigenvalue weighted by molar-refractivity contribution is -0.167. The second-order valence-electron chi connectivity index (χ2n) is 22.7. The van der Waals surface area contributed by atoms with Gasteiger partial charge in [0.15, 0.2) is 6.10 Å². The Bertz CT molecular complexity index is 1620. The molecule has 0 N–H and O–H groups in total. The van der Waals surface area contributed by atoms with Crippen LogP contribution in [0.5, 0.6) is 0 Å².